The summed E-state index contributed by atoms with van der Waals surface area (Å²) in [6.45, 7) is 1.24. The molecule has 5 rings (SSSR count). The molecule has 0 aromatic heterocycles. The highest BCUT2D eigenvalue weighted by molar-refractivity contribution is 5.58. The van der Waals surface area contributed by atoms with E-state index < -0.39 is 0 Å². The van der Waals surface area contributed by atoms with Gasteiger partial charge >= 0.3 is 0 Å². The minimum absolute atomic E-state index is 0.0460. The molecule has 0 fully saturated rings. The van der Waals surface area contributed by atoms with E-state index in [-0.39, 0.29) is 24.9 Å². The van der Waals surface area contributed by atoms with Crippen molar-refractivity contribution in [2.24, 2.45) is 0 Å². The third-order valence-corrected chi connectivity index (χ3v) is 6.64. The van der Waals surface area contributed by atoms with Crippen LogP contribution in [0.1, 0.15) is 46.7 Å². The van der Waals surface area contributed by atoms with Crippen LogP contribution in [0.3, 0.4) is 0 Å². The molecule has 0 amide bonds. The molecule has 3 unspecified atom stereocenters. The standard InChI is InChI=1S/C23H27NO5/c1-24-8-7-13-9-18(25-2)19(26-3)10-15(13)16-11-20(27-4)21-14(22(16)24)5-6-17-23(21)29-12-28-17/h5-6,9-10,16,20,22H,7-8,11-12H2,1-4H3. The van der Waals surface area contributed by atoms with E-state index in [1.54, 1.807) is 21.3 Å². The smallest absolute Gasteiger partial charge is 0.231 e. The van der Waals surface area contributed by atoms with E-state index in [9.17, 15) is 0 Å². The van der Waals surface area contributed by atoms with Gasteiger partial charge in [0, 0.05) is 31.2 Å². The summed E-state index contributed by atoms with van der Waals surface area (Å²) in [5.74, 6) is 3.51. The first-order valence-electron chi connectivity index (χ1n) is 10.1. The maximum absolute atomic E-state index is 5.97. The van der Waals surface area contributed by atoms with Crippen molar-refractivity contribution in [2.45, 2.75) is 30.9 Å². The minimum Gasteiger partial charge on any atom is -0.493 e. The van der Waals surface area contributed by atoms with Gasteiger partial charge in [0.15, 0.2) is 23.0 Å². The van der Waals surface area contributed by atoms with Gasteiger partial charge < -0.3 is 23.7 Å². The Morgan fingerprint density at radius 3 is 2.55 bits per heavy atom. The zero-order valence-corrected chi connectivity index (χ0v) is 17.4. The molecule has 0 N–H and O–H groups in total. The van der Waals surface area contributed by atoms with Gasteiger partial charge in [-0.15, -0.1) is 0 Å². The molecular weight excluding hydrogens is 370 g/mol. The van der Waals surface area contributed by atoms with E-state index in [0.717, 1.165) is 47.9 Å². The average Bonchev–Trinajstić information content (AvgIpc) is 3.19. The Bertz CT molecular complexity index is 943. The Labute approximate surface area is 171 Å². The highest BCUT2D eigenvalue weighted by atomic mass is 16.7. The number of hydrogen-bond donors (Lipinski definition) is 0. The summed E-state index contributed by atoms with van der Waals surface area (Å²) >= 11 is 0. The van der Waals surface area contributed by atoms with Crippen molar-refractivity contribution in [3.8, 4) is 23.0 Å². The van der Waals surface area contributed by atoms with Gasteiger partial charge in [-0.1, -0.05) is 6.07 Å². The van der Waals surface area contributed by atoms with E-state index in [0.29, 0.717) is 0 Å². The summed E-state index contributed by atoms with van der Waals surface area (Å²) in [5.41, 5.74) is 5.05. The number of ether oxygens (including phenoxy) is 5. The number of nitrogens with zero attached hydrogens (tertiary/aromatic N) is 1. The molecule has 154 valence electrons. The molecule has 0 saturated carbocycles. The molecule has 0 bridgehead atoms. The predicted molar refractivity (Wildman–Crippen MR) is 108 cm³/mol. The lowest BCUT2D eigenvalue weighted by Gasteiger charge is -2.41. The lowest BCUT2D eigenvalue weighted by Crippen LogP contribution is -2.34. The largest absolute Gasteiger partial charge is 0.493 e. The summed E-state index contributed by atoms with van der Waals surface area (Å²) in [6.07, 6.45) is 1.80. The molecule has 0 spiro atoms. The van der Waals surface area contributed by atoms with Crippen LogP contribution in [0.15, 0.2) is 24.3 Å². The molecular formula is C23H27NO5. The van der Waals surface area contributed by atoms with Crippen LogP contribution in [0.2, 0.25) is 0 Å². The molecule has 1 aliphatic carbocycles. The van der Waals surface area contributed by atoms with Gasteiger partial charge in [0.1, 0.15) is 0 Å². The van der Waals surface area contributed by atoms with Gasteiger partial charge in [-0.05, 0) is 54.8 Å². The lowest BCUT2D eigenvalue weighted by molar-refractivity contribution is 0.0579. The van der Waals surface area contributed by atoms with Crippen molar-refractivity contribution in [3.63, 3.8) is 0 Å². The van der Waals surface area contributed by atoms with Crippen LogP contribution < -0.4 is 18.9 Å². The Morgan fingerprint density at radius 2 is 1.79 bits per heavy atom. The van der Waals surface area contributed by atoms with E-state index in [1.165, 1.54) is 16.7 Å². The van der Waals surface area contributed by atoms with Crippen molar-refractivity contribution < 1.29 is 23.7 Å². The molecule has 6 heteroatoms. The molecule has 2 heterocycles. The number of rotatable bonds is 3. The molecule has 2 aromatic carbocycles. The molecule has 2 aliphatic heterocycles. The van der Waals surface area contributed by atoms with E-state index in [4.69, 9.17) is 23.7 Å². The quantitative estimate of drug-likeness (QED) is 0.785. The Morgan fingerprint density at radius 1 is 1.00 bits per heavy atom. The van der Waals surface area contributed by atoms with Crippen LogP contribution in [0.25, 0.3) is 0 Å². The van der Waals surface area contributed by atoms with Crippen LogP contribution >= 0.6 is 0 Å². The zero-order chi connectivity index (χ0) is 20.1. The third kappa shape index (κ3) is 2.77. The predicted octanol–water partition coefficient (Wildman–Crippen LogP) is 3.84. The summed E-state index contributed by atoms with van der Waals surface area (Å²) in [5, 5.41) is 0. The lowest BCUT2D eigenvalue weighted by atomic mass is 9.73. The van der Waals surface area contributed by atoms with E-state index >= 15 is 0 Å². The summed E-state index contributed by atoms with van der Waals surface area (Å²) < 4.78 is 28.7. The first kappa shape index (κ1) is 18.6. The summed E-state index contributed by atoms with van der Waals surface area (Å²) in [6, 6.07) is 8.76. The van der Waals surface area contributed by atoms with Gasteiger partial charge in [-0.2, -0.15) is 0 Å². The van der Waals surface area contributed by atoms with Gasteiger partial charge in [0.05, 0.1) is 20.3 Å². The number of likely N-dealkylation sites (N-methyl/N-ethyl adjacent to an activating group) is 1. The molecule has 2 aromatic rings. The second-order valence-corrected chi connectivity index (χ2v) is 7.95. The van der Waals surface area contributed by atoms with Crippen molar-refractivity contribution >= 4 is 0 Å². The summed E-state index contributed by atoms with van der Waals surface area (Å²) in [7, 11) is 7.37. The Hall–Kier alpha value is -2.44. The normalized spacial score (nSPS) is 24.9. The first-order chi connectivity index (χ1) is 14.2. The van der Waals surface area contributed by atoms with Crippen LogP contribution in [-0.4, -0.2) is 46.6 Å². The maximum atomic E-state index is 5.97. The number of hydrogen-bond acceptors (Lipinski definition) is 6. The van der Waals surface area contributed by atoms with Crippen molar-refractivity contribution in [2.75, 3.05) is 41.7 Å². The number of methoxy groups -OCH3 is 3. The molecule has 0 radical (unpaired) electrons. The average molecular weight is 397 g/mol. The maximum Gasteiger partial charge on any atom is 0.231 e. The molecule has 0 saturated heterocycles. The molecule has 3 atom stereocenters. The van der Waals surface area contributed by atoms with Crippen molar-refractivity contribution in [3.05, 3.63) is 46.5 Å². The number of fused-ring (bicyclic) bond motifs is 7. The highest BCUT2D eigenvalue weighted by Gasteiger charge is 2.43. The molecule has 6 nitrogen and oxygen atoms in total. The van der Waals surface area contributed by atoms with Gasteiger partial charge in [-0.25, -0.2) is 0 Å². The van der Waals surface area contributed by atoms with Crippen molar-refractivity contribution in [1.29, 1.82) is 0 Å². The highest BCUT2D eigenvalue weighted by Crippen LogP contribution is 2.56. The van der Waals surface area contributed by atoms with E-state index in [2.05, 4.69) is 30.1 Å². The first-order valence-corrected chi connectivity index (χ1v) is 10.1. The fourth-order valence-corrected chi connectivity index (χ4v) is 5.28. The second-order valence-electron chi connectivity index (χ2n) is 7.95. The fraction of sp³-hybridized carbons (Fsp3) is 0.478. The number of benzene rings is 2. The molecule has 29 heavy (non-hydrogen) atoms. The SMILES string of the molecule is COc1cc2c(cc1OC)C1CC(OC)c3c(ccc4c3OCO4)C1N(C)CC2. The molecule has 3 aliphatic rings. The van der Waals surface area contributed by atoms with Crippen LogP contribution in [0.5, 0.6) is 23.0 Å². The summed E-state index contributed by atoms with van der Waals surface area (Å²) in [4.78, 5) is 2.45. The zero-order valence-electron chi connectivity index (χ0n) is 17.4. The van der Waals surface area contributed by atoms with Gasteiger partial charge in [-0.3, -0.25) is 4.90 Å². The monoisotopic (exact) mass is 397 g/mol. The topological polar surface area (TPSA) is 49.4 Å². The van der Waals surface area contributed by atoms with Crippen LogP contribution in [-0.2, 0) is 11.2 Å². The van der Waals surface area contributed by atoms with Gasteiger partial charge in [0.2, 0.25) is 6.79 Å². The second kappa shape index (κ2) is 7.11. The van der Waals surface area contributed by atoms with Gasteiger partial charge in [0.25, 0.3) is 0 Å². The van der Waals surface area contributed by atoms with Crippen LogP contribution in [0, 0.1) is 0 Å². The Balaban J connectivity index is 1.69. The minimum atomic E-state index is -0.0460. The van der Waals surface area contributed by atoms with Crippen molar-refractivity contribution in [1.82, 2.24) is 4.90 Å². The Kier molecular flexibility index (Phi) is 4.56. The fourth-order valence-electron chi connectivity index (χ4n) is 5.28. The third-order valence-electron chi connectivity index (χ3n) is 6.64. The van der Waals surface area contributed by atoms with Crippen LogP contribution in [0.4, 0.5) is 0 Å². The van der Waals surface area contributed by atoms with E-state index in [1.807, 2.05) is 6.07 Å².